The van der Waals surface area contributed by atoms with Crippen LogP contribution in [-0.4, -0.2) is 25.5 Å². The van der Waals surface area contributed by atoms with Crippen molar-refractivity contribution >= 4 is 38.5 Å². The van der Waals surface area contributed by atoms with Gasteiger partial charge in [0.05, 0.1) is 14.2 Å². The van der Waals surface area contributed by atoms with Gasteiger partial charge in [-0.05, 0) is 22.9 Å². The van der Waals surface area contributed by atoms with E-state index in [-0.39, 0.29) is 31.0 Å². The molecule has 0 saturated carbocycles. The second-order valence-electron chi connectivity index (χ2n) is 7.89. The second-order valence-corrected chi connectivity index (χ2v) is 13.8. The van der Waals surface area contributed by atoms with Crippen LogP contribution in [0, 0.1) is 0 Å². The first-order valence-corrected chi connectivity index (χ1v) is 15.7. The normalized spacial score (nSPS) is 9.72. The van der Waals surface area contributed by atoms with Crippen LogP contribution in [0.15, 0.2) is 84.9 Å². The third-order valence-electron chi connectivity index (χ3n) is 5.71. The summed E-state index contributed by atoms with van der Waals surface area (Å²) in [5.74, 6) is 2.09. The molecule has 0 saturated heterocycles. The fourth-order valence-corrected chi connectivity index (χ4v) is 4.14. The Morgan fingerprint density at radius 3 is 1.67 bits per heavy atom. The molecule has 0 aliphatic carbocycles. The van der Waals surface area contributed by atoms with E-state index in [1.54, 1.807) is 26.4 Å². The molecule has 7 heteroatoms. The SMILES string of the molecule is CC[Si](=[Ti+2])CC.COc1ccc2[cH-]c3ccc(OC)cc3c2c1.Oc1ccc2ccccc2c1.[Cl-].[Cl-]. The van der Waals surface area contributed by atoms with Crippen molar-refractivity contribution in [2.24, 2.45) is 0 Å². The molecule has 0 heterocycles. The predicted molar refractivity (Wildman–Crippen MR) is 142 cm³/mol. The number of phenolic OH excluding ortho intramolecular Hbond substituents is 1. The summed E-state index contributed by atoms with van der Waals surface area (Å²) in [6.07, 6.45) is 0.132. The summed E-state index contributed by atoms with van der Waals surface area (Å²) in [5.41, 5.74) is 0. The Morgan fingerprint density at radius 1 is 0.722 bits per heavy atom. The third-order valence-corrected chi connectivity index (χ3v) is 10.7. The van der Waals surface area contributed by atoms with Crippen molar-refractivity contribution in [2.45, 2.75) is 25.9 Å². The van der Waals surface area contributed by atoms with Gasteiger partial charge in [-0.1, -0.05) is 54.6 Å². The summed E-state index contributed by atoms with van der Waals surface area (Å²) < 4.78 is 10.5. The standard InChI is InChI=1S/C15H13O2.C10H8O.C4H10Si.2ClH.Ti/c1-16-12-5-3-10-7-11-4-6-13(17-2)9-15(11)14(10)8-12;11-10-6-5-8-3-1-2-4-9(8)7-10;1-3-5-4-2;;;/h3-9H,1-2H3;1-7,11H;3-4H2,1-2H3;2*1H;/q-1;;;;;+2/p-2. The number of fused-ring (bicyclic) bond motifs is 4. The van der Waals surface area contributed by atoms with Gasteiger partial charge in [-0.15, -0.1) is 39.7 Å². The smallest absolute Gasteiger partial charge is 0.116 e. The Balaban J connectivity index is 0.000000296. The van der Waals surface area contributed by atoms with Crippen molar-refractivity contribution in [3.8, 4) is 17.2 Å². The maximum atomic E-state index is 9.13. The molecule has 5 aromatic rings. The van der Waals surface area contributed by atoms with Gasteiger partial charge in [0.25, 0.3) is 0 Å². The number of aromatic hydroxyl groups is 1. The summed E-state index contributed by atoms with van der Waals surface area (Å²) in [7, 11) is 3.37. The van der Waals surface area contributed by atoms with Gasteiger partial charge in [-0.25, -0.2) is 0 Å². The minimum atomic E-state index is 0. The summed E-state index contributed by atoms with van der Waals surface area (Å²) in [4.78, 5) is 0. The molecule has 0 aromatic heterocycles. The van der Waals surface area contributed by atoms with Crippen LogP contribution in [-0.2, 0) is 19.2 Å². The Kier molecular flexibility index (Phi) is 14.1. The van der Waals surface area contributed by atoms with Crippen LogP contribution in [0.2, 0.25) is 12.1 Å². The summed E-state index contributed by atoms with van der Waals surface area (Å²) in [6, 6.07) is 30.6. The van der Waals surface area contributed by atoms with Gasteiger partial charge in [-0.3, -0.25) is 0 Å². The fraction of sp³-hybridized carbons (Fsp3) is 0.207. The molecule has 0 atom stereocenters. The van der Waals surface area contributed by atoms with E-state index in [9.17, 15) is 0 Å². The minimum absolute atomic E-state index is 0. The van der Waals surface area contributed by atoms with Gasteiger partial charge in [-0.2, -0.15) is 0 Å². The van der Waals surface area contributed by atoms with E-state index in [2.05, 4.69) is 63.4 Å². The van der Waals surface area contributed by atoms with E-state index < -0.39 is 0 Å². The monoisotopic (exact) mass is 573 g/mol. The Morgan fingerprint density at radius 2 is 1.22 bits per heavy atom. The van der Waals surface area contributed by atoms with Crippen molar-refractivity contribution in [2.75, 3.05) is 14.2 Å². The topological polar surface area (TPSA) is 38.7 Å². The van der Waals surface area contributed by atoms with Gasteiger partial charge < -0.3 is 39.4 Å². The van der Waals surface area contributed by atoms with Crippen LogP contribution < -0.4 is 34.3 Å². The van der Waals surface area contributed by atoms with E-state index in [0.29, 0.717) is 5.75 Å². The zero-order valence-electron chi connectivity index (χ0n) is 21.0. The molecule has 0 aliphatic heterocycles. The molecule has 0 amide bonds. The zero-order valence-corrected chi connectivity index (χ0v) is 25.1. The van der Waals surface area contributed by atoms with E-state index >= 15 is 0 Å². The van der Waals surface area contributed by atoms with Crippen LogP contribution in [0.25, 0.3) is 32.3 Å². The van der Waals surface area contributed by atoms with Crippen LogP contribution in [0.4, 0.5) is 0 Å². The van der Waals surface area contributed by atoms with Crippen molar-refractivity contribution in [3.05, 3.63) is 84.9 Å². The quantitative estimate of drug-likeness (QED) is 0.263. The van der Waals surface area contributed by atoms with E-state index in [4.69, 9.17) is 14.6 Å². The average Bonchev–Trinajstić information content (AvgIpc) is 3.25. The second kappa shape index (κ2) is 15.9. The molecule has 0 bridgehead atoms. The molecule has 0 fully saturated rings. The Hall–Kier alpha value is -2.08. The third kappa shape index (κ3) is 8.50. The summed E-state index contributed by atoms with van der Waals surface area (Å²) in [6.45, 7) is 4.55. The molecule has 0 spiro atoms. The molecular weight excluding hydrogens is 543 g/mol. The van der Waals surface area contributed by atoms with Crippen LogP contribution >= 0.6 is 0 Å². The molecule has 5 rings (SSSR count). The number of methoxy groups -OCH3 is 2. The maximum absolute atomic E-state index is 9.13. The molecule has 188 valence electrons. The van der Waals surface area contributed by atoms with E-state index in [1.165, 1.54) is 33.6 Å². The predicted octanol–water partition coefficient (Wildman–Crippen LogP) is 1.85. The van der Waals surface area contributed by atoms with Crippen molar-refractivity contribution in [1.82, 2.24) is 0 Å². The number of benzene rings is 4. The average molecular weight is 574 g/mol. The number of rotatable bonds is 4. The summed E-state index contributed by atoms with van der Waals surface area (Å²) >= 11 is 2.38. The number of halogens is 2. The van der Waals surface area contributed by atoms with Gasteiger partial charge in [0.1, 0.15) is 17.2 Å². The van der Waals surface area contributed by atoms with Gasteiger partial charge in [0, 0.05) is 0 Å². The molecule has 0 aliphatic rings. The molecule has 5 aromatic carbocycles. The van der Waals surface area contributed by atoms with Crippen molar-refractivity contribution in [1.29, 1.82) is 0 Å². The van der Waals surface area contributed by atoms with Gasteiger partial charge in [0.2, 0.25) is 0 Å². The largest absolute Gasteiger partial charge is 1.00 e. The van der Waals surface area contributed by atoms with Crippen LogP contribution in [0.3, 0.4) is 0 Å². The number of hydrogen-bond acceptors (Lipinski definition) is 3. The first-order valence-electron chi connectivity index (χ1n) is 11.4. The Labute approximate surface area is 238 Å². The van der Waals surface area contributed by atoms with Crippen LogP contribution in [0.5, 0.6) is 17.2 Å². The fourth-order valence-electron chi connectivity index (χ4n) is 3.64. The first-order chi connectivity index (χ1) is 16.5. The Bertz CT molecular complexity index is 1340. The molecule has 3 nitrogen and oxygen atoms in total. The number of ether oxygens (including phenoxy) is 2. The molecule has 0 radical (unpaired) electrons. The first kappa shape index (κ1) is 32.0. The van der Waals surface area contributed by atoms with Crippen molar-refractivity contribution in [3.63, 3.8) is 0 Å². The molecular formula is C29H31Cl2O3SiTi-. The van der Waals surface area contributed by atoms with Gasteiger partial charge in [0.15, 0.2) is 0 Å². The maximum Gasteiger partial charge on any atom is 0.116 e. The molecule has 36 heavy (non-hydrogen) atoms. The molecule has 1 N–H and O–H groups in total. The number of hydrogen-bond donors (Lipinski definition) is 1. The van der Waals surface area contributed by atoms with Crippen molar-refractivity contribution < 1.29 is 58.6 Å². The van der Waals surface area contributed by atoms with E-state index in [0.717, 1.165) is 22.3 Å². The van der Waals surface area contributed by atoms with E-state index in [1.807, 2.05) is 42.5 Å². The summed E-state index contributed by atoms with van der Waals surface area (Å²) in [5, 5.41) is 16.2. The number of phenols is 1. The van der Waals surface area contributed by atoms with Crippen LogP contribution in [0.1, 0.15) is 13.8 Å². The molecule has 0 unspecified atom stereocenters. The van der Waals surface area contributed by atoms with Gasteiger partial charge >= 0.3 is 51.3 Å². The minimum Gasteiger partial charge on any atom is -1.00 e. The zero-order chi connectivity index (χ0) is 24.5.